The molecule has 0 heterocycles. The van der Waals surface area contributed by atoms with Gasteiger partial charge in [0.05, 0.1) is 5.16 Å². The molecule has 0 aliphatic rings. The summed E-state index contributed by atoms with van der Waals surface area (Å²) in [5.74, 6) is 0. The molecule has 14 heavy (non-hydrogen) atoms. The molecule has 1 atom stereocenters. The van der Waals surface area contributed by atoms with Gasteiger partial charge in [-0.05, 0) is 22.3 Å². The quantitative estimate of drug-likeness (QED) is 0.488. The molecule has 0 aliphatic heterocycles. The minimum absolute atomic E-state index is 0.0289. The van der Waals surface area contributed by atoms with E-state index in [1.54, 1.807) is 12.1 Å². The van der Waals surface area contributed by atoms with Crippen LogP contribution in [0.15, 0.2) is 40.8 Å². The van der Waals surface area contributed by atoms with Gasteiger partial charge in [-0.2, -0.15) is 4.89 Å². The average Bonchev–Trinajstić information content (AvgIpc) is 2.18. The third-order valence-electron chi connectivity index (χ3n) is 1.45. The summed E-state index contributed by atoms with van der Waals surface area (Å²) in [5.41, 5.74) is 0.829. The highest BCUT2D eigenvalue weighted by atomic mass is 32.1. The maximum absolute atomic E-state index is 10.8. The normalized spacial score (nSPS) is 11.8. The monoisotopic (exact) mass is 224 g/mol. The highest BCUT2D eigenvalue weighted by Gasteiger charge is 2.19. The maximum Gasteiger partial charge on any atom is 0.567 e. The van der Waals surface area contributed by atoms with Crippen LogP contribution in [0, 0.1) is 0 Å². The fraction of sp³-hybridized carbons (Fsp3) is 0. The van der Waals surface area contributed by atoms with Crippen LogP contribution in [0.4, 0.5) is 0 Å². The van der Waals surface area contributed by atoms with E-state index in [0.29, 0.717) is 0 Å². The molecule has 0 amide bonds. The Morgan fingerprint density at radius 2 is 2.14 bits per heavy atom. The molecule has 3 nitrogen and oxygen atoms in total. The summed E-state index contributed by atoms with van der Waals surface area (Å²) in [4.78, 5) is 12.4. The molecular formula is C9H7NO2PS+. The predicted molar refractivity (Wildman–Crippen MR) is 59.3 cm³/mol. The third-order valence-corrected chi connectivity index (χ3v) is 2.16. The van der Waals surface area contributed by atoms with Crippen LogP contribution < -0.4 is 0 Å². The highest BCUT2D eigenvalue weighted by molar-refractivity contribution is 7.78. The number of aliphatic imine (C=N–C) groups is 1. The molecule has 0 saturated carbocycles. The van der Waals surface area contributed by atoms with Gasteiger partial charge in [0.25, 0.3) is 0 Å². The molecule has 0 saturated heterocycles. The number of thiocarbonyl (C=S) groups is 1. The van der Waals surface area contributed by atoms with Crippen LogP contribution in [0.2, 0.25) is 0 Å². The maximum atomic E-state index is 10.8. The summed E-state index contributed by atoms with van der Waals surface area (Å²) >= 11 is 4.37. The van der Waals surface area contributed by atoms with E-state index in [2.05, 4.69) is 22.4 Å². The Morgan fingerprint density at radius 1 is 1.50 bits per heavy atom. The zero-order valence-corrected chi connectivity index (χ0v) is 8.83. The molecule has 0 bridgehead atoms. The Hall–Kier alpha value is -1.18. The van der Waals surface area contributed by atoms with Crippen LogP contribution >= 0.6 is 20.2 Å². The summed E-state index contributed by atoms with van der Waals surface area (Å²) in [6.07, 6.45) is 1.50. The second-order valence-corrected chi connectivity index (χ2v) is 3.58. The van der Waals surface area contributed by atoms with E-state index in [9.17, 15) is 4.57 Å². The average molecular weight is 224 g/mol. The lowest BCUT2D eigenvalue weighted by atomic mass is 10.2. The summed E-state index contributed by atoms with van der Waals surface area (Å²) in [6.45, 7) is 0. The van der Waals surface area contributed by atoms with Crippen molar-refractivity contribution in [3.05, 3.63) is 41.3 Å². The molecule has 0 spiro atoms. The fourth-order valence-corrected chi connectivity index (χ4v) is 1.44. The van der Waals surface area contributed by atoms with Crippen molar-refractivity contribution in [2.24, 2.45) is 4.99 Å². The van der Waals surface area contributed by atoms with Gasteiger partial charge in [0.2, 0.25) is 0 Å². The fourth-order valence-electron chi connectivity index (χ4n) is 0.875. The first kappa shape index (κ1) is 10.9. The first-order chi connectivity index (χ1) is 6.74. The first-order valence-electron chi connectivity index (χ1n) is 3.75. The molecule has 0 aromatic heterocycles. The van der Waals surface area contributed by atoms with Gasteiger partial charge in [0, 0.05) is 6.08 Å². The van der Waals surface area contributed by atoms with Gasteiger partial charge in [-0.15, -0.1) is 4.99 Å². The van der Waals surface area contributed by atoms with Gasteiger partial charge >= 0.3 is 13.5 Å². The Balaban J connectivity index is 3.05. The second kappa shape index (κ2) is 5.53. The van der Waals surface area contributed by atoms with Crippen molar-refractivity contribution in [2.45, 2.75) is 0 Å². The summed E-state index contributed by atoms with van der Waals surface area (Å²) in [6, 6.07) is 9.12. The van der Waals surface area contributed by atoms with Crippen molar-refractivity contribution >= 4 is 31.5 Å². The van der Waals surface area contributed by atoms with E-state index in [-0.39, 0.29) is 5.44 Å². The largest absolute Gasteiger partial charge is 0.567 e. The Kier molecular flexibility index (Phi) is 4.30. The van der Waals surface area contributed by atoms with Crippen LogP contribution in [0.1, 0.15) is 5.56 Å². The number of benzene rings is 1. The van der Waals surface area contributed by atoms with E-state index in [1.165, 1.54) is 6.08 Å². The first-order valence-corrected chi connectivity index (χ1v) is 5.37. The van der Waals surface area contributed by atoms with Crippen molar-refractivity contribution in [1.82, 2.24) is 0 Å². The highest BCUT2D eigenvalue weighted by Crippen LogP contribution is 2.29. The van der Waals surface area contributed by atoms with Gasteiger partial charge in [-0.25, -0.2) is 0 Å². The molecule has 1 unspecified atom stereocenters. The van der Waals surface area contributed by atoms with E-state index < -0.39 is 8.03 Å². The predicted octanol–water partition coefficient (Wildman–Crippen LogP) is 2.82. The Morgan fingerprint density at radius 3 is 2.64 bits per heavy atom. The summed E-state index contributed by atoms with van der Waals surface area (Å²) in [7, 11) is -2.48. The second-order valence-electron chi connectivity index (χ2n) is 2.39. The lowest BCUT2D eigenvalue weighted by Gasteiger charge is -1.88. The van der Waals surface area contributed by atoms with E-state index in [4.69, 9.17) is 4.89 Å². The van der Waals surface area contributed by atoms with Gasteiger partial charge < -0.3 is 0 Å². The number of hydrogen-bond donors (Lipinski definition) is 1. The Bertz CT molecular complexity index is 406. The van der Waals surface area contributed by atoms with Gasteiger partial charge in [-0.1, -0.05) is 30.3 Å². The number of nitrogens with zero attached hydrogens (tertiary/aromatic N) is 1. The molecular weight excluding hydrogens is 217 g/mol. The van der Waals surface area contributed by atoms with Crippen LogP contribution in [0.3, 0.4) is 0 Å². The SMILES string of the molecule is O=[P+](O)C(=Cc1ccccc1)N=C=S. The molecule has 0 fully saturated rings. The number of hydrogen-bond acceptors (Lipinski definition) is 3. The van der Waals surface area contributed by atoms with E-state index >= 15 is 0 Å². The molecule has 1 N–H and O–H groups in total. The number of isothiocyanates is 1. The zero-order valence-electron chi connectivity index (χ0n) is 7.12. The van der Waals surface area contributed by atoms with Crippen molar-refractivity contribution < 1.29 is 9.46 Å². The summed E-state index contributed by atoms with van der Waals surface area (Å²) in [5, 5.41) is 2.07. The third kappa shape index (κ3) is 3.29. The molecule has 1 aromatic carbocycles. The topological polar surface area (TPSA) is 49.7 Å². The lowest BCUT2D eigenvalue weighted by Crippen LogP contribution is -1.73. The van der Waals surface area contributed by atoms with Crippen molar-refractivity contribution in [3.8, 4) is 0 Å². The minimum atomic E-state index is -2.48. The Labute approximate surface area is 87.7 Å². The van der Waals surface area contributed by atoms with Gasteiger partial charge in [0.15, 0.2) is 0 Å². The lowest BCUT2D eigenvalue weighted by molar-refractivity contribution is 0.509. The van der Waals surface area contributed by atoms with Crippen molar-refractivity contribution in [1.29, 1.82) is 0 Å². The van der Waals surface area contributed by atoms with E-state index in [0.717, 1.165) is 5.56 Å². The van der Waals surface area contributed by atoms with Crippen LogP contribution in [0.25, 0.3) is 6.08 Å². The molecule has 0 radical (unpaired) electrons. The van der Waals surface area contributed by atoms with Gasteiger partial charge in [0.1, 0.15) is 0 Å². The van der Waals surface area contributed by atoms with E-state index in [1.807, 2.05) is 18.2 Å². The zero-order chi connectivity index (χ0) is 10.4. The van der Waals surface area contributed by atoms with Gasteiger partial charge in [-0.3, -0.25) is 0 Å². The smallest absolute Gasteiger partial charge is 0.155 e. The molecule has 0 aliphatic carbocycles. The molecule has 70 valence electrons. The van der Waals surface area contributed by atoms with Crippen molar-refractivity contribution in [2.75, 3.05) is 0 Å². The minimum Gasteiger partial charge on any atom is -0.155 e. The van der Waals surface area contributed by atoms with Crippen LogP contribution in [0.5, 0.6) is 0 Å². The summed E-state index contributed by atoms with van der Waals surface area (Å²) < 4.78 is 10.8. The number of rotatable bonds is 3. The molecule has 1 rings (SSSR count). The van der Waals surface area contributed by atoms with Crippen LogP contribution in [-0.4, -0.2) is 10.1 Å². The van der Waals surface area contributed by atoms with Crippen molar-refractivity contribution in [3.63, 3.8) is 0 Å². The van der Waals surface area contributed by atoms with Crippen LogP contribution in [-0.2, 0) is 4.57 Å². The standard InChI is InChI=1S/C9H6NO2PS/c11-13(12)9(10-7-14)6-8-4-2-1-3-5-8/h1-6H/p+1. The molecule has 5 heteroatoms. The molecule has 1 aromatic rings.